The number of benzene rings is 1. The van der Waals surface area contributed by atoms with E-state index in [2.05, 4.69) is 0 Å². The lowest BCUT2D eigenvalue weighted by Crippen LogP contribution is -2.08. The van der Waals surface area contributed by atoms with E-state index in [1.165, 1.54) is 0 Å². The number of hydrogen-bond acceptors (Lipinski definition) is 7. The molecule has 0 aromatic heterocycles. The minimum Gasteiger partial charge on any atom is -0.392 e. The molecule has 0 amide bonds. The van der Waals surface area contributed by atoms with Crippen LogP contribution in [0.1, 0.15) is 0 Å². The summed E-state index contributed by atoms with van der Waals surface area (Å²) in [5.74, 6) is 0. The summed E-state index contributed by atoms with van der Waals surface area (Å²) in [4.78, 5) is 17.8. The molecule has 0 saturated carbocycles. The largest absolute Gasteiger partial charge is 0.392 e. The van der Waals surface area contributed by atoms with Gasteiger partial charge in [-0.15, -0.1) is 0 Å². The average molecular weight is 263 g/mol. The van der Waals surface area contributed by atoms with Crippen LogP contribution in [0.2, 0.25) is 0 Å². The molecular weight excluding hydrogens is 258 g/mol. The summed E-state index contributed by atoms with van der Waals surface area (Å²) in [6, 6.07) is 1.20. The number of rotatable bonds is 3. The second-order valence-corrected chi connectivity index (χ2v) is 4.22. The molecule has 11 heteroatoms. The van der Waals surface area contributed by atoms with E-state index in [0.717, 1.165) is 0 Å². The fourth-order valence-corrected chi connectivity index (χ4v) is 1.76. The summed E-state index contributed by atoms with van der Waals surface area (Å²) in [7, 11) is -4.78. The summed E-state index contributed by atoms with van der Waals surface area (Å²) >= 11 is 0. The Bertz CT molecular complexity index is 608. The molecule has 10 nitrogen and oxygen atoms in total. The summed E-state index contributed by atoms with van der Waals surface area (Å²) in [6.45, 7) is 0. The number of anilines is 1. The Balaban J connectivity index is 3.73. The van der Waals surface area contributed by atoms with Crippen LogP contribution in [0.3, 0.4) is 0 Å². The van der Waals surface area contributed by atoms with Gasteiger partial charge >= 0.3 is 11.4 Å². The summed E-state index contributed by atoms with van der Waals surface area (Å²) in [5, 5.41) is 21.0. The van der Waals surface area contributed by atoms with Gasteiger partial charge in [0.05, 0.1) is 9.85 Å². The molecule has 0 aliphatic rings. The lowest BCUT2D eigenvalue weighted by molar-refractivity contribution is -0.422. The Morgan fingerprint density at radius 3 is 2.06 bits per heavy atom. The van der Waals surface area contributed by atoms with Gasteiger partial charge in [0.15, 0.2) is 0 Å². The van der Waals surface area contributed by atoms with E-state index in [4.69, 9.17) is 10.3 Å². The fraction of sp³-hybridized carbons (Fsp3) is 0. The second kappa shape index (κ2) is 3.95. The first kappa shape index (κ1) is 12.8. The van der Waals surface area contributed by atoms with Crippen molar-refractivity contribution in [1.29, 1.82) is 0 Å². The van der Waals surface area contributed by atoms with Crippen molar-refractivity contribution in [3.05, 3.63) is 32.4 Å². The normalized spacial score (nSPS) is 11.1. The van der Waals surface area contributed by atoms with Crippen molar-refractivity contribution in [2.75, 3.05) is 5.73 Å². The molecule has 0 aliphatic heterocycles. The third kappa shape index (κ3) is 2.29. The van der Waals surface area contributed by atoms with E-state index in [1.807, 2.05) is 0 Å². The molecule has 1 rings (SSSR count). The number of nitrogens with zero attached hydrogens (tertiary/aromatic N) is 2. The third-order valence-electron chi connectivity index (χ3n) is 1.81. The summed E-state index contributed by atoms with van der Waals surface area (Å²) in [5.41, 5.74) is 2.01. The van der Waals surface area contributed by atoms with Crippen LogP contribution >= 0.6 is 0 Å². The average Bonchev–Trinajstić information content (AvgIpc) is 2.13. The van der Waals surface area contributed by atoms with E-state index < -0.39 is 41.9 Å². The van der Waals surface area contributed by atoms with E-state index in [9.17, 15) is 28.6 Å². The Labute approximate surface area is 93.7 Å². The lowest BCUT2D eigenvalue weighted by Gasteiger charge is -2.03. The van der Waals surface area contributed by atoms with Crippen LogP contribution in [0.25, 0.3) is 0 Å². The van der Waals surface area contributed by atoms with Gasteiger partial charge in [-0.1, -0.05) is 0 Å². The highest BCUT2D eigenvalue weighted by atomic mass is 32.2. The quantitative estimate of drug-likeness (QED) is 0.340. The van der Waals surface area contributed by atoms with Gasteiger partial charge in [-0.2, -0.15) is 8.42 Å². The maximum atomic E-state index is 10.8. The first-order valence-corrected chi connectivity index (χ1v) is 5.29. The topological polar surface area (TPSA) is 167 Å². The monoisotopic (exact) mass is 263 g/mol. The molecule has 1 aromatic rings. The molecular formula is C6H5N3O7S. The van der Waals surface area contributed by atoms with Gasteiger partial charge in [-0.25, -0.2) is 0 Å². The number of nitrogen functional groups attached to an aromatic ring is 1. The van der Waals surface area contributed by atoms with Crippen LogP contribution in [0.5, 0.6) is 0 Å². The highest BCUT2D eigenvalue weighted by Gasteiger charge is 2.32. The maximum absolute atomic E-state index is 10.8. The van der Waals surface area contributed by atoms with Crippen LogP contribution in [-0.4, -0.2) is 22.8 Å². The van der Waals surface area contributed by atoms with Gasteiger partial charge in [0.1, 0.15) is 10.6 Å². The molecule has 17 heavy (non-hydrogen) atoms. The molecule has 0 spiro atoms. The van der Waals surface area contributed by atoms with Crippen molar-refractivity contribution >= 4 is 27.2 Å². The Morgan fingerprint density at radius 1 is 1.18 bits per heavy atom. The SMILES string of the molecule is Nc1c(S(=O)(=O)O)ccc([N+](=O)[O-])c1[N+](=O)[O-]. The van der Waals surface area contributed by atoms with Gasteiger partial charge in [0, 0.05) is 6.07 Å². The van der Waals surface area contributed by atoms with Crippen molar-refractivity contribution in [1.82, 2.24) is 0 Å². The Kier molecular flexibility index (Phi) is 2.97. The zero-order valence-electron chi connectivity index (χ0n) is 7.93. The molecule has 0 heterocycles. The Hall–Kier alpha value is -2.27. The molecule has 0 radical (unpaired) electrons. The predicted molar refractivity (Wildman–Crippen MR) is 54.0 cm³/mol. The fourth-order valence-electron chi connectivity index (χ4n) is 1.14. The van der Waals surface area contributed by atoms with Crippen LogP contribution in [-0.2, 0) is 10.1 Å². The van der Waals surface area contributed by atoms with Crippen LogP contribution in [0.4, 0.5) is 17.1 Å². The summed E-state index contributed by atoms with van der Waals surface area (Å²) in [6.07, 6.45) is 0. The van der Waals surface area contributed by atoms with Crippen molar-refractivity contribution in [3.8, 4) is 0 Å². The van der Waals surface area contributed by atoms with Crippen molar-refractivity contribution in [2.45, 2.75) is 4.90 Å². The zero-order chi connectivity index (χ0) is 13.4. The highest BCUT2D eigenvalue weighted by Crippen LogP contribution is 2.36. The van der Waals surface area contributed by atoms with Gasteiger partial charge in [0.25, 0.3) is 10.1 Å². The standard InChI is InChI=1S/C6H5N3O7S/c7-5-4(17(14,15)16)2-1-3(8(10)11)6(5)9(12)13/h1-2H,7H2,(H,14,15,16). The smallest absolute Gasteiger partial charge is 0.370 e. The van der Waals surface area contributed by atoms with Gasteiger partial charge < -0.3 is 5.73 Å². The van der Waals surface area contributed by atoms with Crippen molar-refractivity contribution in [2.24, 2.45) is 0 Å². The minimum atomic E-state index is -4.78. The molecule has 0 bridgehead atoms. The number of nitro groups is 2. The molecule has 1 aromatic carbocycles. The first-order valence-electron chi connectivity index (χ1n) is 3.85. The molecule has 0 fully saturated rings. The Morgan fingerprint density at radius 2 is 1.71 bits per heavy atom. The van der Waals surface area contributed by atoms with E-state index in [-0.39, 0.29) is 0 Å². The molecule has 0 saturated heterocycles. The van der Waals surface area contributed by atoms with E-state index in [0.29, 0.717) is 12.1 Å². The number of nitro benzene ring substituents is 2. The number of hydrogen-bond donors (Lipinski definition) is 2. The number of nitrogens with two attached hydrogens (primary N) is 1. The third-order valence-corrected chi connectivity index (χ3v) is 2.72. The van der Waals surface area contributed by atoms with Crippen LogP contribution in [0, 0.1) is 20.2 Å². The van der Waals surface area contributed by atoms with E-state index >= 15 is 0 Å². The molecule has 92 valence electrons. The molecule has 0 unspecified atom stereocenters. The zero-order valence-corrected chi connectivity index (χ0v) is 8.75. The molecule has 0 aliphatic carbocycles. The first-order chi connectivity index (χ1) is 7.66. The second-order valence-electron chi connectivity index (χ2n) is 2.83. The molecule has 0 atom stereocenters. The van der Waals surface area contributed by atoms with Crippen LogP contribution < -0.4 is 5.73 Å². The van der Waals surface area contributed by atoms with Crippen LogP contribution in [0.15, 0.2) is 17.0 Å². The van der Waals surface area contributed by atoms with Gasteiger partial charge in [0.2, 0.25) is 0 Å². The van der Waals surface area contributed by atoms with E-state index in [1.54, 1.807) is 0 Å². The van der Waals surface area contributed by atoms with Gasteiger partial charge in [-0.05, 0) is 6.07 Å². The predicted octanol–water partition coefficient (Wildman–Crippen LogP) is 0.332. The lowest BCUT2D eigenvalue weighted by atomic mass is 10.2. The minimum absolute atomic E-state index is 0.581. The van der Waals surface area contributed by atoms with Gasteiger partial charge in [-0.3, -0.25) is 24.8 Å². The molecule has 3 N–H and O–H groups in total. The maximum Gasteiger partial charge on any atom is 0.370 e. The van der Waals surface area contributed by atoms with Crippen molar-refractivity contribution < 1.29 is 22.8 Å². The summed E-state index contributed by atoms with van der Waals surface area (Å²) < 4.78 is 30.3. The highest BCUT2D eigenvalue weighted by molar-refractivity contribution is 7.86. The van der Waals surface area contributed by atoms with Crippen molar-refractivity contribution in [3.63, 3.8) is 0 Å².